The van der Waals surface area contributed by atoms with Crippen molar-refractivity contribution in [1.82, 2.24) is 10.6 Å². The molecule has 0 aliphatic carbocycles. The molecule has 1 heterocycles. The lowest BCUT2D eigenvalue weighted by Gasteiger charge is -2.43. The van der Waals surface area contributed by atoms with Gasteiger partial charge in [0.1, 0.15) is 5.75 Å². The third kappa shape index (κ3) is 4.64. The zero-order valence-corrected chi connectivity index (χ0v) is 19.8. The van der Waals surface area contributed by atoms with Crippen LogP contribution in [-0.4, -0.2) is 34.5 Å². The van der Waals surface area contributed by atoms with Crippen LogP contribution in [0.3, 0.4) is 0 Å². The number of carbonyl (C=O) groups is 1. The third-order valence-corrected chi connectivity index (χ3v) is 8.24. The predicted molar refractivity (Wildman–Crippen MR) is 133 cm³/mol. The number of hydrogen-bond acceptors (Lipinski definition) is 5. The quantitative estimate of drug-likeness (QED) is 0.458. The number of ether oxygens (including phenoxy) is 1. The zero-order valence-electron chi connectivity index (χ0n) is 19.0. The largest absolute Gasteiger partial charge is 0.496 e. The summed E-state index contributed by atoms with van der Waals surface area (Å²) in [6, 6.07) is 24.5. The molecule has 1 fully saturated rings. The maximum Gasteiger partial charge on any atom is 0.261 e. The number of amides is 1. The van der Waals surface area contributed by atoms with E-state index in [1.807, 2.05) is 12.1 Å². The van der Waals surface area contributed by atoms with Crippen molar-refractivity contribution in [3.8, 4) is 5.75 Å². The third-order valence-electron chi connectivity index (χ3n) is 6.22. The number of methoxy groups -OCH3 is 1. The summed E-state index contributed by atoms with van der Waals surface area (Å²) < 4.78 is 36.7. The lowest BCUT2D eigenvalue weighted by Crippen LogP contribution is -2.60. The molecule has 4 rings (SSSR count). The molecule has 8 heteroatoms. The lowest BCUT2D eigenvalue weighted by atomic mass is 9.85. The van der Waals surface area contributed by atoms with Crippen molar-refractivity contribution in [1.29, 1.82) is 0 Å². The number of anilines is 1. The molecule has 1 aliphatic rings. The van der Waals surface area contributed by atoms with Crippen LogP contribution < -0.4 is 20.1 Å². The molecule has 3 N–H and O–H groups in total. The van der Waals surface area contributed by atoms with Crippen LogP contribution in [0.15, 0.2) is 84.9 Å². The molecule has 0 spiro atoms. The highest BCUT2D eigenvalue weighted by atomic mass is 32.2. The Morgan fingerprint density at radius 3 is 2.15 bits per heavy atom. The van der Waals surface area contributed by atoms with E-state index in [9.17, 15) is 13.2 Å². The summed E-state index contributed by atoms with van der Waals surface area (Å²) in [5.41, 5.74) is 1.21. The molecule has 0 radical (unpaired) electrons. The maximum atomic E-state index is 14.3. The molecule has 1 amide bonds. The Labute approximate surface area is 200 Å². The molecule has 7 nitrogen and oxygen atoms in total. The van der Waals surface area contributed by atoms with Crippen molar-refractivity contribution < 1.29 is 17.9 Å². The van der Waals surface area contributed by atoms with Crippen molar-refractivity contribution in [2.24, 2.45) is 5.92 Å². The fraction of sp³-hybridized carbons (Fsp3) is 0.269. The first-order chi connectivity index (χ1) is 16.5. The summed E-state index contributed by atoms with van der Waals surface area (Å²) >= 11 is 0. The van der Waals surface area contributed by atoms with E-state index in [0.29, 0.717) is 42.9 Å². The molecular weight excluding hydrogens is 450 g/mol. The number of para-hydroxylation sites is 2. The van der Waals surface area contributed by atoms with Crippen LogP contribution >= 0.6 is 0 Å². The molecule has 0 saturated carbocycles. The van der Waals surface area contributed by atoms with Crippen molar-refractivity contribution in [3.05, 3.63) is 96.1 Å². The van der Waals surface area contributed by atoms with Crippen LogP contribution in [0.25, 0.3) is 0 Å². The summed E-state index contributed by atoms with van der Waals surface area (Å²) in [6.45, 7) is 1.31. The predicted octanol–water partition coefficient (Wildman–Crippen LogP) is 3.72. The second-order valence-corrected chi connectivity index (χ2v) is 10.1. The smallest absolute Gasteiger partial charge is 0.261 e. The van der Waals surface area contributed by atoms with E-state index in [0.717, 1.165) is 0 Å². The van der Waals surface area contributed by atoms with E-state index in [-0.39, 0.29) is 11.5 Å². The normalized spacial score (nSPS) is 16.3. The molecule has 1 unspecified atom stereocenters. The Kier molecular flexibility index (Phi) is 7.19. The Bertz CT molecular complexity index is 1210. The van der Waals surface area contributed by atoms with Gasteiger partial charge in [0.25, 0.3) is 15.9 Å². The number of carbonyl (C=O) groups excluding carboxylic acids is 1. The van der Waals surface area contributed by atoms with E-state index >= 15 is 0 Å². The van der Waals surface area contributed by atoms with Crippen LogP contribution in [0.2, 0.25) is 0 Å². The molecule has 178 valence electrons. The molecule has 1 atom stereocenters. The average Bonchev–Trinajstić information content (AvgIpc) is 2.88. The highest BCUT2D eigenvalue weighted by molar-refractivity contribution is 7.93. The topological polar surface area (TPSA) is 96.5 Å². The molecule has 0 aromatic heterocycles. The fourth-order valence-corrected chi connectivity index (χ4v) is 6.53. The number of hydrogen-bond donors (Lipinski definition) is 3. The van der Waals surface area contributed by atoms with Gasteiger partial charge in [-0.2, -0.15) is 0 Å². The van der Waals surface area contributed by atoms with Gasteiger partial charge >= 0.3 is 0 Å². The van der Waals surface area contributed by atoms with E-state index in [1.54, 1.807) is 72.8 Å². The van der Waals surface area contributed by atoms with Crippen molar-refractivity contribution >= 4 is 21.6 Å². The summed E-state index contributed by atoms with van der Waals surface area (Å²) in [5, 5.41) is 6.27. The van der Waals surface area contributed by atoms with Gasteiger partial charge in [0.15, 0.2) is 4.87 Å². The minimum Gasteiger partial charge on any atom is -0.496 e. The molecule has 3 aromatic rings. The van der Waals surface area contributed by atoms with Gasteiger partial charge in [-0.3, -0.25) is 9.52 Å². The van der Waals surface area contributed by atoms with Crippen LogP contribution in [0, 0.1) is 5.92 Å². The second kappa shape index (κ2) is 10.3. The summed E-state index contributed by atoms with van der Waals surface area (Å²) in [7, 11) is -2.68. The zero-order chi connectivity index (χ0) is 24.0. The Morgan fingerprint density at radius 2 is 1.50 bits per heavy atom. The van der Waals surface area contributed by atoms with Crippen LogP contribution in [0.4, 0.5) is 5.69 Å². The Balaban J connectivity index is 1.88. The van der Waals surface area contributed by atoms with Gasteiger partial charge in [0.2, 0.25) is 0 Å². The Hall–Kier alpha value is -3.36. The number of piperidine rings is 1. The van der Waals surface area contributed by atoms with Gasteiger partial charge in [-0.15, -0.1) is 0 Å². The molecule has 1 saturated heterocycles. The molecular formula is C26H29N3O4S. The van der Waals surface area contributed by atoms with Crippen molar-refractivity contribution in [2.45, 2.75) is 17.7 Å². The molecule has 3 aromatic carbocycles. The first-order valence-electron chi connectivity index (χ1n) is 11.3. The average molecular weight is 480 g/mol. The van der Waals surface area contributed by atoms with Crippen LogP contribution in [0.1, 0.15) is 28.8 Å². The SMILES string of the molecule is COc1ccccc1C(=O)NC(c1ccccc1)(C1CCNCC1)S(=O)(=O)Nc1ccccc1. The molecule has 1 aliphatic heterocycles. The van der Waals surface area contributed by atoms with E-state index in [4.69, 9.17) is 4.74 Å². The summed E-state index contributed by atoms with van der Waals surface area (Å²) in [5.74, 6) is -0.505. The van der Waals surface area contributed by atoms with Gasteiger partial charge in [-0.05, 0) is 55.8 Å². The van der Waals surface area contributed by atoms with Crippen molar-refractivity contribution in [3.63, 3.8) is 0 Å². The van der Waals surface area contributed by atoms with Crippen LogP contribution in [0.5, 0.6) is 5.75 Å². The molecule has 0 bridgehead atoms. The van der Waals surface area contributed by atoms with E-state index in [1.165, 1.54) is 7.11 Å². The van der Waals surface area contributed by atoms with E-state index in [2.05, 4.69) is 15.4 Å². The molecule has 34 heavy (non-hydrogen) atoms. The standard InChI is InChI=1S/C26H29N3O4S/c1-33-24-15-9-8-14-23(24)25(30)28-26(20-10-4-2-5-11-20,21-16-18-27-19-17-21)34(31,32)29-22-12-6-3-7-13-22/h2-15,21,27,29H,16-19H2,1H3,(H,28,30). The minimum absolute atomic E-state index is 0.272. The summed E-state index contributed by atoms with van der Waals surface area (Å²) in [6.07, 6.45) is 1.16. The minimum atomic E-state index is -4.16. The van der Waals surface area contributed by atoms with Gasteiger partial charge in [0.05, 0.1) is 12.7 Å². The maximum absolute atomic E-state index is 14.3. The lowest BCUT2D eigenvalue weighted by molar-refractivity contribution is 0.0887. The number of sulfonamides is 1. The van der Waals surface area contributed by atoms with E-state index < -0.39 is 20.8 Å². The first kappa shape index (κ1) is 23.8. The monoisotopic (exact) mass is 479 g/mol. The van der Waals surface area contributed by atoms with Gasteiger partial charge in [0, 0.05) is 11.6 Å². The number of rotatable bonds is 8. The van der Waals surface area contributed by atoms with Crippen LogP contribution in [-0.2, 0) is 14.9 Å². The fourth-order valence-electron chi connectivity index (χ4n) is 4.58. The van der Waals surface area contributed by atoms with Gasteiger partial charge < -0.3 is 15.4 Å². The van der Waals surface area contributed by atoms with Gasteiger partial charge in [-0.1, -0.05) is 60.7 Å². The summed E-state index contributed by atoms with van der Waals surface area (Å²) in [4.78, 5) is 12.0. The number of nitrogens with one attached hydrogen (secondary N) is 3. The second-order valence-electron chi connectivity index (χ2n) is 8.25. The highest BCUT2D eigenvalue weighted by Crippen LogP contribution is 2.41. The number of benzene rings is 3. The Morgan fingerprint density at radius 1 is 0.912 bits per heavy atom. The first-order valence-corrected chi connectivity index (χ1v) is 12.8. The van der Waals surface area contributed by atoms with Gasteiger partial charge in [-0.25, -0.2) is 8.42 Å². The highest BCUT2D eigenvalue weighted by Gasteiger charge is 2.53. The van der Waals surface area contributed by atoms with Crippen molar-refractivity contribution in [2.75, 3.05) is 24.9 Å².